The summed E-state index contributed by atoms with van der Waals surface area (Å²) in [5.41, 5.74) is 1.36. The van der Waals surface area contributed by atoms with E-state index in [2.05, 4.69) is 30.1 Å². The zero-order chi connectivity index (χ0) is 21.3. The Morgan fingerprint density at radius 3 is 2.50 bits per heavy atom. The van der Waals surface area contributed by atoms with Crippen molar-refractivity contribution in [2.24, 2.45) is 11.8 Å². The molecule has 1 atom stereocenters. The predicted octanol–water partition coefficient (Wildman–Crippen LogP) is 4.26. The van der Waals surface area contributed by atoms with Gasteiger partial charge in [-0.3, -0.25) is 14.6 Å². The van der Waals surface area contributed by atoms with Crippen molar-refractivity contribution in [2.45, 2.75) is 51.5 Å². The number of rotatable bonds is 7. The average Bonchev–Trinajstić information content (AvgIpc) is 3.51. The van der Waals surface area contributed by atoms with Crippen LogP contribution in [0.25, 0.3) is 0 Å². The molecule has 5 nitrogen and oxygen atoms in total. The van der Waals surface area contributed by atoms with Crippen LogP contribution in [0.15, 0.2) is 35.9 Å². The van der Waals surface area contributed by atoms with Crippen LogP contribution >= 0.6 is 11.6 Å². The maximum absolute atomic E-state index is 13.7. The van der Waals surface area contributed by atoms with Crippen LogP contribution in [0.4, 0.5) is 4.79 Å². The van der Waals surface area contributed by atoms with E-state index in [9.17, 15) is 9.59 Å². The molecule has 3 amide bonds. The summed E-state index contributed by atoms with van der Waals surface area (Å²) in [5.74, 6) is 0.529. The Balaban J connectivity index is 1.57. The van der Waals surface area contributed by atoms with Gasteiger partial charge in [0, 0.05) is 24.5 Å². The molecule has 3 aliphatic rings. The fourth-order valence-corrected chi connectivity index (χ4v) is 4.97. The largest absolute Gasteiger partial charge is 0.325 e. The Labute approximate surface area is 184 Å². The van der Waals surface area contributed by atoms with Gasteiger partial charge in [-0.05, 0) is 76.1 Å². The lowest BCUT2D eigenvalue weighted by atomic mass is 9.74. The van der Waals surface area contributed by atoms with Crippen molar-refractivity contribution in [1.82, 2.24) is 15.1 Å². The van der Waals surface area contributed by atoms with Crippen LogP contribution < -0.4 is 5.32 Å². The number of carbonyl (C=O) groups excluding carboxylic acids is 2. The van der Waals surface area contributed by atoms with E-state index in [-0.39, 0.29) is 17.9 Å². The number of hydrogen-bond acceptors (Lipinski definition) is 3. The molecule has 1 aromatic carbocycles. The molecule has 1 aliphatic carbocycles. The summed E-state index contributed by atoms with van der Waals surface area (Å²) in [4.78, 5) is 30.5. The molecule has 0 radical (unpaired) electrons. The second kappa shape index (κ2) is 8.72. The van der Waals surface area contributed by atoms with Crippen LogP contribution in [0.1, 0.15) is 45.1 Å². The van der Waals surface area contributed by atoms with Crippen LogP contribution in [0.3, 0.4) is 0 Å². The van der Waals surface area contributed by atoms with Crippen LogP contribution in [0, 0.1) is 11.8 Å². The molecule has 0 spiro atoms. The van der Waals surface area contributed by atoms with Crippen LogP contribution in [0.5, 0.6) is 0 Å². The average molecular weight is 430 g/mol. The third-order valence-electron chi connectivity index (χ3n) is 6.81. The third kappa shape index (κ3) is 4.42. The van der Waals surface area contributed by atoms with E-state index in [0.717, 1.165) is 50.9 Å². The van der Waals surface area contributed by atoms with E-state index in [1.807, 2.05) is 24.3 Å². The number of halogens is 1. The van der Waals surface area contributed by atoms with E-state index in [0.29, 0.717) is 23.9 Å². The normalized spacial score (nSPS) is 25.5. The Kier molecular flexibility index (Phi) is 6.21. The smallest absolute Gasteiger partial charge is 0.322 e. The quantitative estimate of drug-likeness (QED) is 0.520. The number of benzene rings is 1. The monoisotopic (exact) mass is 429 g/mol. The molecule has 0 aromatic heterocycles. The van der Waals surface area contributed by atoms with E-state index in [1.165, 1.54) is 10.5 Å². The number of carbonyl (C=O) groups is 2. The number of imide groups is 1. The first-order valence-corrected chi connectivity index (χ1v) is 11.5. The van der Waals surface area contributed by atoms with Gasteiger partial charge in [0.15, 0.2) is 0 Å². The fraction of sp³-hybridized carbons (Fsp3) is 0.583. The topological polar surface area (TPSA) is 52.7 Å². The van der Waals surface area contributed by atoms with Crippen molar-refractivity contribution in [3.8, 4) is 0 Å². The van der Waals surface area contributed by atoms with Crippen LogP contribution in [-0.4, -0.2) is 53.5 Å². The highest BCUT2D eigenvalue weighted by Gasteiger charge is 2.56. The van der Waals surface area contributed by atoms with Gasteiger partial charge in [0.1, 0.15) is 5.54 Å². The number of nitrogens with zero attached hydrogens (tertiary/aromatic N) is 2. The maximum Gasteiger partial charge on any atom is 0.325 e. The van der Waals surface area contributed by atoms with Gasteiger partial charge in [-0.1, -0.05) is 41.4 Å². The molecule has 1 saturated carbocycles. The molecule has 2 aliphatic heterocycles. The molecule has 162 valence electrons. The molecule has 0 unspecified atom stereocenters. The first-order chi connectivity index (χ1) is 14.4. The number of amides is 3. The van der Waals surface area contributed by atoms with E-state index >= 15 is 0 Å². The molecule has 0 bridgehead atoms. The minimum Gasteiger partial charge on any atom is -0.322 e. The minimum absolute atomic E-state index is 0.0536. The number of urea groups is 1. The molecule has 1 aromatic rings. The lowest BCUT2D eigenvalue weighted by Crippen LogP contribution is -2.57. The second-order valence-electron chi connectivity index (χ2n) is 9.39. The predicted molar refractivity (Wildman–Crippen MR) is 119 cm³/mol. The van der Waals surface area contributed by atoms with Gasteiger partial charge < -0.3 is 5.32 Å². The Morgan fingerprint density at radius 1 is 1.17 bits per heavy atom. The van der Waals surface area contributed by atoms with Gasteiger partial charge in [0.2, 0.25) is 0 Å². The summed E-state index contributed by atoms with van der Waals surface area (Å²) in [6.45, 7) is 7.60. The van der Waals surface area contributed by atoms with Crippen molar-refractivity contribution < 1.29 is 9.59 Å². The lowest BCUT2D eigenvalue weighted by Gasteiger charge is -2.41. The fourth-order valence-electron chi connectivity index (χ4n) is 4.77. The summed E-state index contributed by atoms with van der Waals surface area (Å²) in [6, 6.07) is 7.44. The van der Waals surface area contributed by atoms with Crippen molar-refractivity contribution in [3.05, 3.63) is 46.5 Å². The van der Waals surface area contributed by atoms with Crippen molar-refractivity contribution in [2.75, 3.05) is 26.2 Å². The molecule has 2 heterocycles. The Bertz CT molecular complexity index is 839. The summed E-state index contributed by atoms with van der Waals surface area (Å²) in [7, 11) is 0. The summed E-state index contributed by atoms with van der Waals surface area (Å²) in [5, 5.41) is 3.81. The van der Waals surface area contributed by atoms with Crippen LogP contribution in [-0.2, 0) is 11.2 Å². The molecule has 4 rings (SSSR count). The highest BCUT2D eigenvalue weighted by Crippen LogP contribution is 2.39. The number of allylic oxidation sites excluding steroid dienone is 1. The standard InChI is InChI=1S/C24H32ClN3O2/c1-17(2)9-12-27-13-10-20(11-14-27)24(15-19-5-3-4-6-21(19)25)22(29)28(23(30)26-24)16-18-7-8-18/h3-6,9,18,20H,7-8,10-16H2,1-2H3,(H,26,30)/t24-/m0/s1. The molecule has 6 heteroatoms. The first-order valence-electron chi connectivity index (χ1n) is 11.1. The molecule has 3 fully saturated rings. The van der Waals surface area contributed by atoms with E-state index in [1.54, 1.807) is 0 Å². The molecule has 2 saturated heterocycles. The van der Waals surface area contributed by atoms with Crippen LogP contribution in [0.2, 0.25) is 5.02 Å². The SMILES string of the molecule is CC(C)=CCN1CCC([C@]2(Cc3ccccc3Cl)NC(=O)N(CC3CC3)C2=O)CC1. The van der Waals surface area contributed by atoms with Gasteiger partial charge in [-0.25, -0.2) is 4.79 Å². The zero-order valence-electron chi connectivity index (χ0n) is 18.0. The third-order valence-corrected chi connectivity index (χ3v) is 7.18. The van der Waals surface area contributed by atoms with Crippen molar-refractivity contribution >= 4 is 23.5 Å². The van der Waals surface area contributed by atoms with Gasteiger partial charge in [-0.15, -0.1) is 0 Å². The lowest BCUT2D eigenvalue weighted by molar-refractivity contribution is -0.134. The summed E-state index contributed by atoms with van der Waals surface area (Å²) in [6.07, 6.45) is 6.71. The van der Waals surface area contributed by atoms with Gasteiger partial charge in [0.05, 0.1) is 0 Å². The molecule has 1 N–H and O–H groups in total. The highest BCUT2D eigenvalue weighted by molar-refractivity contribution is 6.31. The Morgan fingerprint density at radius 2 is 1.87 bits per heavy atom. The second-order valence-corrected chi connectivity index (χ2v) is 9.79. The summed E-state index contributed by atoms with van der Waals surface area (Å²) >= 11 is 6.46. The van der Waals surface area contributed by atoms with E-state index in [4.69, 9.17) is 11.6 Å². The number of hydrogen-bond donors (Lipinski definition) is 1. The number of nitrogens with one attached hydrogen (secondary N) is 1. The number of piperidine rings is 1. The molecular weight excluding hydrogens is 398 g/mol. The van der Waals surface area contributed by atoms with Crippen molar-refractivity contribution in [3.63, 3.8) is 0 Å². The van der Waals surface area contributed by atoms with E-state index < -0.39 is 5.54 Å². The molecule has 30 heavy (non-hydrogen) atoms. The Hall–Kier alpha value is -1.85. The van der Waals surface area contributed by atoms with Gasteiger partial charge in [-0.2, -0.15) is 0 Å². The van der Waals surface area contributed by atoms with Gasteiger partial charge >= 0.3 is 6.03 Å². The zero-order valence-corrected chi connectivity index (χ0v) is 18.8. The van der Waals surface area contributed by atoms with Crippen molar-refractivity contribution in [1.29, 1.82) is 0 Å². The minimum atomic E-state index is -0.889. The first kappa shape index (κ1) is 21.4. The maximum atomic E-state index is 13.7. The molecular formula is C24H32ClN3O2. The summed E-state index contributed by atoms with van der Waals surface area (Å²) < 4.78 is 0. The van der Waals surface area contributed by atoms with Gasteiger partial charge in [0.25, 0.3) is 5.91 Å². The number of likely N-dealkylation sites (tertiary alicyclic amines) is 1. The highest BCUT2D eigenvalue weighted by atomic mass is 35.5.